The number of unbranched alkanes of at least 4 members (excludes halogenated alkanes) is 1. The third kappa shape index (κ3) is 4.33. The molecule has 5 heteroatoms. The fourth-order valence-electron chi connectivity index (χ4n) is 1.73. The van der Waals surface area contributed by atoms with Gasteiger partial charge in [-0.25, -0.2) is 4.39 Å². The van der Waals surface area contributed by atoms with Crippen molar-refractivity contribution in [3.8, 4) is 5.75 Å². The number of hydrogen-bond acceptors (Lipinski definition) is 3. The van der Waals surface area contributed by atoms with Gasteiger partial charge in [0.15, 0.2) is 0 Å². The van der Waals surface area contributed by atoms with Gasteiger partial charge in [-0.3, -0.25) is 4.79 Å². The lowest BCUT2D eigenvalue weighted by Gasteiger charge is -2.13. The summed E-state index contributed by atoms with van der Waals surface area (Å²) in [6.07, 6.45) is 1.91. The molecule has 0 spiro atoms. The third-order valence-corrected chi connectivity index (χ3v) is 2.76. The molecular weight excluding hydrogens is 237 g/mol. The lowest BCUT2D eigenvalue weighted by Crippen LogP contribution is -2.12. The Balaban J connectivity index is 2.50. The van der Waals surface area contributed by atoms with Crippen molar-refractivity contribution in [1.29, 1.82) is 0 Å². The van der Waals surface area contributed by atoms with E-state index in [0.29, 0.717) is 30.6 Å². The van der Waals surface area contributed by atoms with Gasteiger partial charge in [0.05, 0.1) is 7.11 Å². The van der Waals surface area contributed by atoms with Crippen molar-refractivity contribution in [2.24, 2.45) is 5.73 Å². The Morgan fingerprint density at radius 3 is 2.78 bits per heavy atom. The van der Waals surface area contributed by atoms with Crippen LogP contribution < -0.4 is 10.5 Å². The first-order valence-corrected chi connectivity index (χ1v) is 5.85. The first-order valence-electron chi connectivity index (χ1n) is 5.85. The van der Waals surface area contributed by atoms with E-state index in [1.807, 2.05) is 0 Å². The Labute approximate surface area is 106 Å². The maximum absolute atomic E-state index is 13.7. The molecule has 1 rings (SSSR count). The number of carbonyl (C=O) groups is 1. The van der Waals surface area contributed by atoms with Gasteiger partial charge in [-0.05, 0) is 18.9 Å². The van der Waals surface area contributed by atoms with Gasteiger partial charge in [0.1, 0.15) is 11.6 Å². The number of rotatable bonds is 7. The molecule has 0 amide bonds. The molecule has 1 aromatic rings. The van der Waals surface area contributed by atoms with E-state index < -0.39 is 12.0 Å². The topological polar surface area (TPSA) is 72.5 Å². The molecule has 3 N–H and O–H groups in total. The first-order chi connectivity index (χ1) is 8.54. The molecule has 0 aliphatic rings. The molecule has 0 bridgehead atoms. The van der Waals surface area contributed by atoms with Gasteiger partial charge in [0.25, 0.3) is 0 Å². The van der Waals surface area contributed by atoms with Crippen LogP contribution in [0.1, 0.15) is 37.3 Å². The second kappa shape index (κ2) is 6.96. The molecule has 0 aliphatic heterocycles. The second-order valence-corrected chi connectivity index (χ2v) is 4.13. The van der Waals surface area contributed by atoms with E-state index >= 15 is 0 Å². The average Bonchev–Trinajstić information content (AvgIpc) is 2.33. The monoisotopic (exact) mass is 255 g/mol. The van der Waals surface area contributed by atoms with Gasteiger partial charge >= 0.3 is 5.97 Å². The van der Waals surface area contributed by atoms with E-state index in [9.17, 15) is 9.18 Å². The summed E-state index contributed by atoms with van der Waals surface area (Å²) in [5, 5.41) is 8.49. The first kappa shape index (κ1) is 14.4. The van der Waals surface area contributed by atoms with E-state index in [1.165, 1.54) is 13.2 Å². The minimum absolute atomic E-state index is 0.123. The van der Waals surface area contributed by atoms with Gasteiger partial charge < -0.3 is 15.6 Å². The van der Waals surface area contributed by atoms with Gasteiger partial charge in [0, 0.05) is 24.1 Å². The number of ether oxygens (including phenoxy) is 1. The van der Waals surface area contributed by atoms with E-state index in [2.05, 4.69) is 0 Å². The number of halogens is 1. The van der Waals surface area contributed by atoms with Crippen molar-refractivity contribution >= 4 is 5.97 Å². The molecule has 0 heterocycles. The van der Waals surface area contributed by atoms with Crippen LogP contribution in [0.3, 0.4) is 0 Å². The fraction of sp³-hybridized carbons (Fsp3) is 0.462. The zero-order chi connectivity index (χ0) is 13.5. The van der Waals surface area contributed by atoms with Crippen LogP contribution >= 0.6 is 0 Å². The smallest absolute Gasteiger partial charge is 0.303 e. The van der Waals surface area contributed by atoms with Crippen molar-refractivity contribution in [3.05, 3.63) is 29.6 Å². The molecule has 0 aromatic heterocycles. The van der Waals surface area contributed by atoms with Crippen LogP contribution in [0.2, 0.25) is 0 Å². The highest BCUT2D eigenvalue weighted by molar-refractivity contribution is 5.66. The van der Waals surface area contributed by atoms with Crippen LogP contribution in [0.15, 0.2) is 18.2 Å². The Bertz CT molecular complexity index is 409. The van der Waals surface area contributed by atoms with Crippen LogP contribution in [0.4, 0.5) is 4.39 Å². The van der Waals surface area contributed by atoms with E-state index in [1.54, 1.807) is 12.1 Å². The highest BCUT2D eigenvalue weighted by Gasteiger charge is 2.12. The molecule has 1 aromatic carbocycles. The summed E-state index contributed by atoms with van der Waals surface area (Å²) in [6, 6.07) is 4.16. The quantitative estimate of drug-likeness (QED) is 0.734. The summed E-state index contributed by atoms with van der Waals surface area (Å²) in [7, 11) is 1.47. The van der Waals surface area contributed by atoms with Crippen LogP contribution in [-0.4, -0.2) is 18.2 Å². The third-order valence-electron chi connectivity index (χ3n) is 2.76. The lowest BCUT2D eigenvalue weighted by atomic mass is 10.0. The maximum atomic E-state index is 13.7. The molecule has 0 fully saturated rings. The molecule has 4 nitrogen and oxygen atoms in total. The zero-order valence-electron chi connectivity index (χ0n) is 10.4. The Morgan fingerprint density at radius 1 is 1.50 bits per heavy atom. The van der Waals surface area contributed by atoms with Crippen LogP contribution in [0, 0.1) is 5.82 Å². The standard InChI is InChI=1S/C13H18FNO3/c1-18-9-6-7-10(11(14)8-9)12(15)4-2-3-5-13(16)17/h6-8,12H,2-5,15H2,1H3,(H,16,17). The highest BCUT2D eigenvalue weighted by atomic mass is 19.1. The zero-order valence-corrected chi connectivity index (χ0v) is 10.4. The molecule has 0 aliphatic carbocycles. The minimum Gasteiger partial charge on any atom is -0.497 e. The number of carboxylic acid groups (broad SMARTS) is 1. The minimum atomic E-state index is -0.820. The van der Waals surface area contributed by atoms with Crippen molar-refractivity contribution < 1.29 is 19.0 Å². The summed E-state index contributed by atoms with van der Waals surface area (Å²) < 4.78 is 18.6. The number of methoxy groups -OCH3 is 1. The van der Waals surface area contributed by atoms with Gasteiger partial charge in [0.2, 0.25) is 0 Å². The molecule has 100 valence electrons. The molecule has 0 radical (unpaired) electrons. The predicted octanol–water partition coefficient (Wildman–Crippen LogP) is 2.48. The molecule has 18 heavy (non-hydrogen) atoms. The number of carboxylic acids is 1. The summed E-state index contributed by atoms with van der Waals surface area (Å²) in [5.74, 6) is -0.756. The predicted molar refractivity (Wildman–Crippen MR) is 66.0 cm³/mol. The Morgan fingerprint density at radius 2 is 2.22 bits per heavy atom. The summed E-state index contributed by atoms with van der Waals surface area (Å²) in [6.45, 7) is 0. The lowest BCUT2D eigenvalue weighted by molar-refractivity contribution is -0.137. The van der Waals surface area contributed by atoms with E-state index in [0.717, 1.165) is 0 Å². The van der Waals surface area contributed by atoms with Gasteiger partial charge in [-0.1, -0.05) is 12.5 Å². The van der Waals surface area contributed by atoms with Crippen molar-refractivity contribution in [2.75, 3.05) is 7.11 Å². The number of aliphatic carboxylic acids is 1. The molecule has 1 atom stereocenters. The molecular formula is C13H18FNO3. The number of hydrogen-bond donors (Lipinski definition) is 2. The number of benzene rings is 1. The summed E-state index contributed by atoms with van der Waals surface area (Å²) >= 11 is 0. The summed E-state index contributed by atoms with van der Waals surface area (Å²) in [4.78, 5) is 10.3. The highest BCUT2D eigenvalue weighted by Crippen LogP contribution is 2.23. The Hall–Kier alpha value is -1.62. The maximum Gasteiger partial charge on any atom is 0.303 e. The SMILES string of the molecule is COc1ccc(C(N)CCCCC(=O)O)c(F)c1. The van der Waals surface area contributed by atoms with E-state index in [4.69, 9.17) is 15.6 Å². The fourth-order valence-corrected chi connectivity index (χ4v) is 1.73. The average molecular weight is 255 g/mol. The van der Waals surface area contributed by atoms with E-state index in [-0.39, 0.29) is 12.2 Å². The summed E-state index contributed by atoms with van der Waals surface area (Å²) in [5.41, 5.74) is 6.31. The van der Waals surface area contributed by atoms with Crippen molar-refractivity contribution in [3.63, 3.8) is 0 Å². The molecule has 1 unspecified atom stereocenters. The van der Waals surface area contributed by atoms with Crippen molar-refractivity contribution in [2.45, 2.75) is 31.7 Å². The van der Waals surface area contributed by atoms with Gasteiger partial charge in [-0.15, -0.1) is 0 Å². The second-order valence-electron chi connectivity index (χ2n) is 4.13. The van der Waals surface area contributed by atoms with Crippen LogP contribution in [0.25, 0.3) is 0 Å². The Kier molecular flexibility index (Phi) is 5.58. The van der Waals surface area contributed by atoms with Gasteiger partial charge in [-0.2, -0.15) is 0 Å². The largest absolute Gasteiger partial charge is 0.497 e. The normalized spacial score (nSPS) is 12.2. The molecule has 0 saturated carbocycles. The molecule has 0 saturated heterocycles. The van der Waals surface area contributed by atoms with Crippen LogP contribution in [-0.2, 0) is 4.79 Å². The van der Waals surface area contributed by atoms with Crippen LogP contribution in [0.5, 0.6) is 5.75 Å². The van der Waals surface area contributed by atoms with Crippen molar-refractivity contribution in [1.82, 2.24) is 0 Å². The number of nitrogens with two attached hydrogens (primary N) is 1.